The van der Waals surface area contributed by atoms with Gasteiger partial charge in [0.15, 0.2) is 0 Å². The van der Waals surface area contributed by atoms with Crippen LogP contribution in [0.4, 0.5) is 0 Å². The molecule has 0 aromatic heterocycles. The minimum Gasteiger partial charge on any atom is -0.297 e. The molecule has 172 valence electrons. The number of hydrogen-bond donors (Lipinski definition) is 0. The second-order valence-electron chi connectivity index (χ2n) is 9.54. The maximum absolute atomic E-state index is 2.65. The molecule has 34 heavy (non-hydrogen) atoms. The molecule has 1 aliphatic heterocycles. The highest BCUT2D eigenvalue weighted by Gasteiger charge is 2.26. The first-order valence-electron chi connectivity index (χ1n) is 12.4. The van der Waals surface area contributed by atoms with Gasteiger partial charge in [0.05, 0.1) is 6.04 Å². The van der Waals surface area contributed by atoms with E-state index >= 15 is 0 Å². The van der Waals surface area contributed by atoms with Crippen LogP contribution in [0.1, 0.15) is 33.9 Å². The standard InChI is InChI=1S/C32H34N2/c1-25-13-16-27(17-14-25)30-18-15-26(2)31(23-30)24-33-19-21-34(22-20-33)32(28-9-5-3-6-10-28)29-11-7-4-8-12-29/h3-18,23,32H,19-22,24H2,1-2H3. The molecular weight excluding hydrogens is 412 g/mol. The molecule has 0 N–H and O–H groups in total. The normalized spacial score (nSPS) is 15.0. The molecule has 0 aliphatic carbocycles. The summed E-state index contributed by atoms with van der Waals surface area (Å²) in [5, 5.41) is 0. The molecule has 0 amide bonds. The molecule has 0 unspecified atom stereocenters. The van der Waals surface area contributed by atoms with E-state index in [-0.39, 0.29) is 0 Å². The molecule has 2 heteroatoms. The Bertz CT molecular complexity index is 1150. The van der Waals surface area contributed by atoms with Crippen molar-refractivity contribution in [1.29, 1.82) is 0 Å². The van der Waals surface area contributed by atoms with E-state index < -0.39 is 0 Å². The van der Waals surface area contributed by atoms with E-state index in [2.05, 4.69) is 127 Å². The predicted molar refractivity (Wildman–Crippen MR) is 143 cm³/mol. The molecule has 1 aliphatic rings. The van der Waals surface area contributed by atoms with Gasteiger partial charge in [-0.25, -0.2) is 0 Å². The van der Waals surface area contributed by atoms with Gasteiger partial charge in [-0.3, -0.25) is 9.80 Å². The summed E-state index contributed by atoms with van der Waals surface area (Å²) in [5.41, 5.74) is 9.49. The minimum absolute atomic E-state index is 0.316. The minimum atomic E-state index is 0.316. The van der Waals surface area contributed by atoms with Gasteiger partial charge in [-0.05, 0) is 53.3 Å². The van der Waals surface area contributed by atoms with Gasteiger partial charge in [0, 0.05) is 32.7 Å². The van der Waals surface area contributed by atoms with E-state index in [4.69, 9.17) is 0 Å². The summed E-state index contributed by atoms with van der Waals surface area (Å²) in [6, 6.07) is 38.0. The molecule has 4 aromatic carbocycles. The van der Waals surface area contributed by atoms with Gasteiger partial charge in [-0.2, -0.15) is 0 Å². The first-order chi connectivity index (χ1) is 16.7. The van der Waals surface area contributed by atoms with Crippen molar-refractivity contribution in [3.8, 4) is 11.1 Å². The molecule has 4 aromatic rings. The second-order valence-corrected chi connectivity index (χ2v) is 9.54. The summed E-state index contributed by atoms with van der Waals surface area (Å²) >= 11 is 0. The van der Waals surface area contributed by atoms with Crippen LogP contribution >= 0.6 is 0 Å². The number of nitrogens with zero attached hydrogens (tertiary/aromatic N) is 2. The molecule has 5 rings (SSSR count). The number of hydrogen-bond acceptors (Lipinski definition) is 2. The lowest BCUT2D eigenvalue weighted by Crippen LogP contribution is -2.47. The van der Waals surface area contributed by atoms with E-state index in [9.17, 15) is 0 Å². The zero-order valence-electron chi connectivity index (χ0n) is 20.3. The fourth-order valence-electron chi connectivity index (χ4n) is 5.07. The number of piperazine rings is 1. The zero-order chi connectivity index (χ0) is 23.3. The van der Waals surface area contributed by atoms with Crippen LogP contribution in [0.2, 0.25) is 0 Å². The predicted octanol–water partition coefficient (Wildman–Crippen LogP) is 6.88. The van der Waals surface area contributed by atoms with E-state index in [1.807, 2.05) is 0 Å². The fourth-order valence-corrected chi connectivity index (χ4v) is 5.07. The van der Waals surface area contributed by atoms with Crippen molar-refractivity contribution in [1.82, 2.24) is 9.80 Å². The van der Waals surface area contributed by atoms with Gasteiger partial charge in [-0.1, -0.05) is 103 Å². The van der Waals surface area contributed by atoms with Crippen LogP contribution in [0.5, 0.6) is 0 Å². The van der Waals surface area contributed by atoms with E-state index in [1.165, 1.54) is 38.9 Å². The Kier molecular flexibility index (Phi) is 6.89. The topological polar surface area (TPSA) is 6.48 Å². The maximum atomic E-state index is 2.65. The van der Waals surface area contributed by atoms with Crippen LogP contribution in [0, 0.1) is 13.8 Å². The van der Waals surface area contributed by atoms with Crippen molar-refractivity contribution >= 4 is 0 Å². The Labute approximate surface area is 204 Å². The van der Waals surface area contributed by atoms with E-state index in [1.54, 1.807) is 0 Å². The molecule has 0 bridgehead atoms. The summed E-state index contributed by atoms with van der Waals surface area (Å²) < 4.78 is 0. The monoisotopic (exact) mass is 446 g/mol. The summed E-state index contributed by atoms with van der Waals surface area (Å²) in [6.07, 6.45) is 0. The zero-order valence-corrected chi connectivity index (χ0v) is 20.3. The maximum Gasteiger partial charge on any atom is 0.0602 e. The van der Waals surface area contributed by atoms with Crippen molar-refractivity contribution in [2.24, 2.45) is 0 Å². The van der Waals surface area contributed by atoms with Crippen LogP contribution < -0.4 is 0 Å². The Hall–Kier alpha value is -3.20. The summed E-state index contributed by atoms with van der Waals surface area (Å²) in [4.78, 5) is 5.27. The summed E-state index contributed by atoms with van der Waals surface area (Å²) in [6.45, 7) is 9.72. The first-order valence-corrected chi connectivity index (χ1v) is 12.4. The molecular formula is C32H34N2. The first kappa shape index (κ1) is 22.6. The molecule has 0 atom stereocenters. The second kappa shape index (κ2) is 10.4. The SMILES string of the molecule is Cc1ccc(-c2ccc(C)c(CN3CCN(C(c4ccccc4)c4ccccc4)CC3)c2)cc1. The summed E-state index contributed by atoms with van der Waals surface area (Å²) in [5.74, 6) is 0. The van der Waals surface area contributed by atoms with Crippen molar-refractivity contribution < 1.29 is 0 Å². The van der Waals surface area contributed by atoms with E-state index in [0.29, 0.717) is 6.04 Å². The van der Waals surface area contributed by atoms with Gasteiger partial charge in [-0.15, -0.1) is 0 Å². The van der Waals surface area contributed by atoms with Crippen LogP contribution in [0.3, 0.4) is 0 Å². The van der Waals surface area contributed by atoms with Crippen molar-refractivity contribution in [3.63, 3.8) is 0 Å². The van der Waals surface area contributed by atoms with Gasteiger partial charge in [0.25, 0.3) is 0 Å². The Morgan fingerprint density at radius 2 is 1.18 bits per heavy atom. The molecule has 0 radical (unpaired) electrons. The third kappa shape index (κ3) is 5.14. The molecule has 1 heterocycles. The van der Waals surface area contributed by atoms with Crippen LogP contribution in [0.15, 0.2) is 103 Å². The van der Waals surface area contributed by atoms with Crippen molar-refractivity contribution in [3.05, 3.63) is 131 Å². The van der Waals surface area contributed by atoms with Gasteiger partial charge >= 0.3 is 0 Å². The lowest BCUT2D eigenvalue weighted by atomic mass is 9.96. The molecule has 2 nitrogen and oxygen atoms in total. The highest BCUT2D eigenvalue weighted by Crippen LogP contribution is 2.30. The Morgan fingerprint density at radius 1 is 0.618 bits per heavy atom. The number of aryl methyl sites for hydroxylation is 2. The van der Waals surface area contributed by atoms with Gasteiger partial charge < -0.3 is 0 Å². The van der Waals surface area contributed by atoms with Crippen molar-refractivity contribution in [2.75, 3.05) is 26.2 Å². The average Bonchev–Trinajstić information content (AvgIpc) is 2.88. The van der Waals surface area contributed by atoms with Crippen LogP contribution in [0.25, 0.3) is 11.1 Å². The lowest BCUT2D eigenvalue weighted by molar-refractivity contribution is 0.105. The number of rotatable bonds is 6. The van der Waals surface area contributed by atoms with Crippen molar-refractivity contribution in [2.45, 2.75) is 26.4 Å². The lowest BCUT2D eigenvalue weighted by Gasteiger charge is -2.40. The average molecular weight is 447 g/mol. The quantitative estimate of drug-likeness (QED) is 0.319. The van der Waals surface area contributed by atoms with Crippen LogP contribution in [-0.2, 0) is 6.54 Å². The number of benzene rings is 4. The smallest absolute Gasteiger partial charge is 0.0602 e. The molecule has 1 fully saturated rings. The van der Waals surface area contributed by atoms with Gasteiger partial charge in [0.1, 0.15) is 0 Å². The largest absolute Gasteiger partial charge is 0.297 e. The van der Waals surface area contributed by atoms with Gasteiger partial charge in [0.2, 0.25) is 0 Å². The Morgan fingerprint density at radius 3 is 1.76 bits per heavy atom. The molecule has 0 saturated carbocycles. The van der Waals surface area contributed by atoms with Crippen LogP contribution in [-0.4, -0.2) is 36.0 Å². The van der Waals surface area contributed by atoms with E-state index in [0.717, 1.165) is 32.7 Å². The third-order valence-corrected chi connectivity index (χ3v) is 7.13. The molecule has 1 saturated heterocycles. The Balaban J connectivity index is 1.30. The highest BCUT2D eigenvalue weighted by atomic mass is 15.3. The highest BCUT2D eigenvalue weighted by molar-refractivity contribution is 5.65. The third-order valence-electron chi connectivity index (χ3n) is 7.13. The fraction of sp³-hybridized carbons (Fsp3) is 0.250. The molecule has 0 spiro atoms. The summed E-state index contributed by atoms with van der Waals surface area (Å²) in [7, 11) is 0.